The predicted octanol–water partition coefficient (Wildman–Crippen LogP) is 2.38. The summed E-state index contributed by atoms with van der Waals surface area (Å²) in [6.45, 7) is 9.94. The molecule has 2 nitrogen and oxygen atoms in total. The average Bonchev–Trinajstić information content (AvgIpc) is 2.27. The number of amides is 1. The summed E-state index contributed by atoms with van der Waals surface area (Å²) in [7, 11) is 0. The molecule has 1 saturated heterocycles. The number of carbonyl (C=O) groups excluding carboxylic acids is 1. The van der Waals surface area contributed by atoms with Crippen LogP contribution in [0.3, 0.4) is 0 Å². The van der Waals surface area contributed by atoms with Gasteiger partial charge in [0.25, 0.3) is 5.91 Å². The molecule has 0 aliphatic carbocycles. The van der Waals surface area contributed by atoms with Gasteiger partial charge in [0.15, 0.2) is 6.17 Å². The van der Waals surface area contributed by atoms with Crippen LogP contribution in [0.1, 0.15) is 41.0 Å². The standard InChI is InChI=1S/C11H20FNO/c1-7(2)9-6-8(12)10(14)13(9)11(3,4)5/h7-9H,6H2,1-5H3. The Morgan fingerprint density at radius 2 is 1.93 bits per heavy atom. The molecule has 82 valence electrons. The molecule has 0 saturated carbocycles. The van der Waals surface area contributed by atoms with Gasteiger partial charge in [-0.3, -0.25) is 4.79 Å². The molecule has 1 aliphatic heterocycles. The summed E-state index contributed by atoms with van der Waals surface area (Å²) >= 11 is 0. The highest BCUT2D eigenvalue weighted by Gasteiger charge is 2.45. The Labute approximate surface area is 85.5 Å². The zero-order valence-electron chi connectivity index (χ0n) is 9.67. The SMILES string of the molecule is CC(C)C1CC(F)C(=O)N1C(C)(C)C. The highest BCUT2D eigenvalue weighted by Crippen LogP contribution is 2.33. The maximum Gasteiger partial charge on any atom is 0.257 e. The van der Waals surface area contributed by atoms with E-state index >= 15 is 0 Å². The molecule has 0 bridgehead atoms. The Morgan fingerprint density at radius 3 is 2.21 bits per heavy atom. The number of rotatable bonds is 1. The Kier molecular flexibility index (Phi) is 2.88. The molecular formula is C11H20FNO. The molecule has 3 heteroatoms. The summed E-state index contributed by atoms with van der Waals surface area (Å²) in [6, 6.07) is 0.0532. The van der Waals surface area contributed by atoms with Gasteiger partial charge in [-0.15, -0.1) is 0 Å². The number of alkyl halides is 1. The Bertz CT molecular complexity index is 232. The fourth-order valence-corrected chi connectivity index (χ4v) is 2.13. The van der Waals surface area contributed by atoms with Crippen LogP contribution in [0.2, 0.25) is 0 Å². The molecule has 0 aromatic carbocycles. The van der Waals surface area contributed by atoms with Gasteiger partial charge in [-0.25, -0.2) is 4.39 Å². The number of likely N-dealkylation sites (tertiary alicyclic amines) is 1. The smallest absolute Gasteiger partial charge is 0.257 e. The fraction of sp³-hybridized carbons (Fsp3) is 0.909. The fourth-order valence-electron chi connectivity index (χ4n) is 2.13. The van der Waals surface area contributed by atoms with E-state index in [2.05, 4.69) is 0 Å². The van der Waals surface area contributed by atoms with Crippen molar-refractivity contribution in [3.8, 4) is 0 Å². The largest absolute Gasteiger partial charge is 0.332 e. The number of nitrogens with zero attached hydrogens (tertiary/aromatic N) is 1. The summed E-state index contributed by atoms with van der Waals surface area (Å²) < 4.78 is 13.3. The first-order valence-corrected chi connectivity index (χ1v) is 5.22. The molecule has 14 heavy (non-hydrogen) atoms. The van der Waals surface area contributed by atoms with Gasteiger partial charge in [0.2, 0.25) is 0 Å². The van der Waals surface area contributed by atoms with E-state index in [-0.39, 0.29) is 17.5 Å². The third-order valence-corrected chi connectivity index (χ3v) is 2.78. The van der Waals surface area contributed by atoms with Crippen molar-refractivity contribution in [3.63, 3.8) is 0 Å². The van der Waals surface area contributed by atoms with E-state index in [1.807, 2.05) is 34.6 Å². The highest BCUT2D eigenvalue weighted by molar-refractivity contribution is 5.84. The monoisotopic (exact) mass is 201 g/mol. The first kappa shape index (κ1) is 11.5. The van der Waals surface area contributed by atoms with Crippen LogP contribution in [-0.2, 0) is 4.79 Å². The van der Waals surface area contributed by atoms with Crippen molar-refractivity contribution < 1.29 is 9.18 Å². The third kappa shape index (κ3) is 1.91. The molecule has 2 unspecified atom stereocenters. The number of hydrogen-bond donors (Lipinski definition) is 0. The number of halogens is 1. The summed E-state index contributed by atoms with van der Waals surface area (Å²) in [4.78, 5) is 13.3. The molecule has 0 N–H and O–H groups in total. The van der Waals surface area contributed by atoms with Crippen LogP contribution < -0.4 is 0 Å². The van der Waals surface area contributed by atoms with Crippen molar-refractivity contribution in [1.29, 1.82) is 0 Å². The first-order chi connectivity index (χ1) is 6.25. The molecule has 0 radical (unpaired) electrons. The minimum atomic E-state index is -1.29. The quantitative estimate of drug-likeness (QED) is 0.638. The van der Waals surface area contributed by atoms with Crippen LogP contribution in [0.15, 0.2) is 0 Å². The van der Waals surface area contributed by atoms with Gasteiger partial charge in [-0.2, -0.15) is 0 Å². The number of carbonyl (C=O) groups is 1. The van der Waals surface area contributed by atoms with Gasteiger partial charge in [0.05, 0.1) is 0 Å². The Hall–Kier alpha value is -0.600. The first-order valence-electron chi connectivity index (χ1n) is 5.22. The second-order valence-electron chi connectivity index (χ2n) is 5.39. The number of hydrogen-bond acceptors (Lipinski definition) is 1. The van der Waals surface area contributed by atoms with Gasteiger partial charge < -0.3 is 4.90 Å². The minimum Gasteiger partial charge on any atom is -0.332 e. The maximum atomic E-state index is 13.3. The Balaban J connectivity index is 2.93. The van der Waals surface area contributed by atoms with Crippen molar-refractivity contribution in [3.05, 3.63) is 0 Å². The van der Waals surface area contributed by atoms with E-state index in [0.29, 0.717) is 12.3 Å². The molecule has 0 spiro atoms. The van der Waals surface area contributed by atoms with Crippen molar-refractivity contribution in [2.24, 2.45) is 5.92 Å². The summed E-state index contributed by atoms with van der Waals surface area (Å²) in [5.41, 5.74) is -0.271. The molecule has 0 aromatic heterocycles. The van der Waals surface area contributed by atoms with E-state index < -0.39 is 6.17 Å². The molecule has 1 heterocycles. The molecule has 1 amide bonds. The highest BCUT2D eigenvalue weighted by atomic mass is 19.1. The van der Waals surface area contributed by atoms with E-state index in [9.17, 15) is 9.18 Å². The molecule has 2 atom stereocenters. The Morgan fingerprint density at radius 1 is 1.43 bits per heavy atom. The van der Waals surface area contributed by atoms with Crippen molar-refractivity contribution in [1.82, 2.24) is 4.90 Å². The van der Waals surface area contributed by atoms with Crippen LogP contribution in [0.25, 0.3) is 0 Å². The predicted molar refractivity (Wildman–Crippen MR) is 54.7 cm³/mol. The minimum absolute atomic E-state index is 0.0532. The van der Waals surface area contributed by atoms with E-state index in [0.717, 1.165) is 0 Å². The lowest BCUT2D eigenvalue weighted by Gasteiger charge is -2.38. The molecule has 1 aliphatic rings. The van der Waals surface area contributed by atoms with Gasteiger partial charge in [0, 0.05) is 18.0 Å². The van der Waals surface area contributed by atoms with Crippen LogP contribution in [0.4, 0.5) is 4.39 Å². The second-order valence-corrected chi connectivity index (χ2v) is 5.39. The van der Waals surface area contributed by atoms with Crippen molar-refractivity contribution in [2.75, 3.05) is 0 Å². The van der Waals surface area contributed by atoms with E-state index in [1.54, 1.807) is 4.90 Å². The molecule has 1 fully saturated rings. The molecule has 1 rings (SSSR count). The van der Waals surface area contributed by atoms with E-state index in [1.165, 1.54) is 0 Å². The zero-order valence-corrected chi connectivity index (χ0v) is 9.67. The van der Waals surface area contributed by atoms with Crippen LogP contribution in [0, 0.1) is 5.92 Å². The zero-order chi connectivity index (χ0) is 11.1. The van der Waals surface area contributed by atoms with Crippen molar-refractivity contribution >= 4 is 5.91 Å². The van der Waals surface area contributed by atoms with Crippen molar-refractivity contribution in [2.45, 2.75) is 58.8 Å². The van der Waals surface area contributed by atoms with Gasteiger partial charge >= 0.3 is 0 Å². The lowest BCUT2D eigenvalue weighted by Crippen LogP contribution is -2.49. The molecular weight excluding hydrogens is 181 g/mol. The van der Waals surface area contributed by atoms with Gasteiger partial charge in [-0.1, -0.05) is 13.8 Å². The maximum absolute atomic E-state index is 13.3. The van der Waals surface area contributed by atoms with Crippen LogP contribution in [-0.4, -0.2) is 28.6 Å². The van der Waals surface area contributed by atoms with E-state index in [4.69, 9.17) is 0 Å². The summed E-state index contributed by atoms with van der Waals surface area (Å²) in [6.07, 6.45) is -0.935. The third-order valence-electron chi connectivity index (χ3n) is 2.78. The second kappa shape index (κ2) is 3.52. The van der Waals surface area contributed by atoms with Crippen LogP contribution >= 0.6 is 0 Å². The summed E-state index contributed by atoms with van der Waals surface area (Å²) in [5, 5.41) is 0. The average molecular weight is 201 g/mol. The molecule has 0 aromatic rings. The van der Waals surface area contributed by atoms with Gasteiger partial charge in [0.1, 0.15) is 0 Å². The lowest BCUT2D eigenvalue weighted by molar-refractivity contribution is -0.137. The van der Waals surface area contributed by atoms with Gasteiger partial charge in [-0.05, 0) is 26.7 Å². The summed E-state index contributed by atoms with van der Waals surface area (Å²) in [5.74, 6) is -0.0184. The van der Waals surface area contributed by atoms with Crippen LogP contribution in [0.5, 0.6) is 0 Å². The lowest BCUT2D eigenvalue weighted by atomic mass is 9.97. The topological polar surface area (TPSA) is 20.3 Å². The normalized spacial score (nSPS) is 29.1.